The van der Waals surface area contributed by atoms with Gasteiger partial charge in [-0.25, -0.2) is 0 Å². The van der Waals surface area contributed by atoms with E-state index in [2.05, 4.69) is 54.8 Å². The number of rotatable bonds is 2. The van der Waals surface area contributed by atoms with Gasteiger partial charge in [0.25, 0.3) is 0 Å². The molecule has 0 saturated carbocycles. The van der Waals surface area contributed by atoms with Crippen LogP contribution in [0.1, 0.15) is 33.3 Å². The molecule has 2 heteroatoms. The number of benzene rings is 1. The van der Waals surface area contributed by atoms with E-state index in [-0.39, 0.29) is 0 Å². The molecule has 0 unspecified atom stereocenters. The second-order valence-corrected chi connectivity index (χ2v) is 4.95. The number of anilines is 1. The van der Waals surface area contributed by atoms with E-state index in [1.165, 1.54) is 24.3 Å². The summed E-state index contributed by atoms with van der Waals surface area (Å²) < 4.78 is 0. The molecule has 2 nitrogen and oxygen atoms in total. The molecule has 18 heavy (non-hydrogen) atoms. The average Bonchev–Trinajstić information content (AvgIpc) is 2.42. The van der Waals surface area contributed by atoms with Gasteiger partial charge in [-0.2, -0.15) is 0 Å². The molecule has 1 fully saturated rings. The summed E-state index contributed by atoms with van der Waals surface area (Å²) in [6, 6.07) is 9.55. The number of hydrogen-bond acceptors (Lipinski definition) is 2. The molecular formula is C16H28N2. The van der Waals surface area contributed by atoms with Gasteiger partial charge in [0.2, 0.25) is 0 Å². The molecule has 0 radical (unpaired) electrons. The van der Waals surface area contributed by atoms with Crippen molar-refractivity contribution in [3.63, 3.8) is 0 Å². The SMILES string of the molecule is CC.Cc1ccc(N2CCN(C(C)C)CC2)cc1. The Kier molecular flexibility index (Phi) is 6.20. The summed E-state index contributed by atoms with van der Waals surface area (Å²) in [5, 5.41) is 0. The number of nitrogens with zero attached hydrogens (tertiary/aromatic N) is 2. The van der Waals surface area contributed by atoms with Crippen LogP contribution in [-0.4, -0.2) is 37.1 Å². The summed E-state index contributed by atoms with van der Waals surface area (Å²) in [6.45, 7) is 15.4. The number of aryl methyl sites for hydroxylation is 1. The first-order chi connectivity index (χ1) is 8.66. The maximum Gasteiger partial charge on any atom is 0.0367 e. The zero-order valence-corrected chi connectivity index (χ0v) is 12.6. The van der Waals surface area contributed by atoms with Gasteiger partial charge in [-0.1, -0.05) is 31.5 Å². The van der Waals surface area contributed by atoms with E-state index >= 15 is 0 Å². The molecule has 0 aromatic heterocycles. The van der Waals surface area contributed by atoms with Gasteiger partial charge in [0.1, 0.15) is 0 Å². The van der Waals surface area contributed by atoms with E-state index in [4.69, 9.17) is 0 Å². The van der Waals surface area contributed by atoms with Crippen molar-refractivity contribution >= 4 is 5.69 Å². The van der Waals surface area contributed by atoms with Crippen LogP contribution in [0.4, 0.5) is 5.69 Å². The third-order valence-electron chi connectivity index (χ3n) is 3.44. The van der Waals surface area contributed by atoms with Crippen molar-refractivity contribution in [2.24, 2.45) is 0 Å². The van der Waals surface area contributed by atoms with E-state index in [0.29, 0.717) is 6.04 Å². The van der Waals surface area contributed by atoms with Crippen LogP contribution in [0.2, 0.25) is 0 Å². The van der Waals surface area contributed by atoms with E-state index < -0.39 is 0 Å². The predicted octanol–water partition coefficient (Wildman–Crippen LogP) is 3.55. The van der Waals surface area contributed by atoms with Crippen LogP contribution in [0.25, 0.3) is 0 Å². The van der Waals surface area contributed by atoms with Crippen LogP contribution in [-0.2, 0) is 0 Å². The Morgan fingerprint density at radius 1 is 0.889 bits per heavy atom. The maximum absolute atomic E-state index is 2.55. The largest absolute Gasteiger partial charge is 0.369 e. The van der Waals surface area contributed by atoms with E-state index in [1.54, 1.807) is 0 Å². The smallest absolute Gasteiger partial charge is 0.0367 e. The zero-order chi connectivity index (χ0) is 13.5. The predicted molar refractivity (Wildman–Crippen MR) is 81.4 cm³/mol. The molecule has 1 aromatic rings. The van der Waals surface area contributed by atoms with Crippen LogP contribution in [0.15, 0.2) is 24.3 Å². The van der Waals surface area contributed by atoms with Crippen molar-refractivity contribution in [1.29, 1.82) is 0 Å². The van der Waals surface area contributed by atoms with Gasteiger partial charge in [0.05, 0.1) is 0 Å². The Bertz CT molecular complexity index is 321. The van der Waals surface area contributed by atoms with Crippen molar-refractivity contribution in [3.05, 3.63) is 29.8 Å². The normalized spacial score (nSPS) is 16.4. The van der Waals surface area contributed by atoms with E-state index in [9.17, 15) is 0 Å². The van der Waals surface area contributed by atoms with Crippen LogP contribution in [0, 0.1) is 6.92 Å². The zero-order valence-electron chi connectivity index (χ0n) is 12.6. The molecule has 1 heterocycles. The molecule has 102 valence electrons. The topological polar surface area (TPSA) is 6.48 Å². The lowest BCUT2D eigenvalue weighted by Crippen LogP contribution is -2.48. The standard InChI is InChI=1S/C14H22N2.C2H6/c1-12(2)15-8-10-16(11-9-15)14-6-4-13(3)5-7-14;1-2/h4-7,12H,8-11H2,1-3H3;1-2H3. The third-order valence-corrected chi connectivity index (χ3v) is 3.44. The Labute approximate surface area is 113 Å². The Hall–Kier alpha value is -1.02. The van der Waals surface area contributed by atoms with Gasteiger partial charge < -0.3 is 4.90 Å². The lowest BCUT2D eigenvalue weighted by molar-refractivity contribution is 0.209. The minimum Gasteiger partial charge on any atom is -0.369 e. The molecule has 0 aliphatic carbocycles. The van der Waals surface area contributed by atoms with E-state index in [1.807, 2.05) is 13.8 Å². The Morgan fingerprint density at radius 2 is 1.39 bits per heavy atom. The fourth-order valence-corrected chi connectivity index (χ4v) is 2.25. The van der Waals surface area contributed by atoms with Gasteiger partial charge in [-0.05, 0) is 32.9 Å². The molecule has 1 aliphatic heterocycles. The lowest BCUT2D eigenvalue weighted by atomic mass is 10.2. The number of hydrogen-bond donors (Lipinski definition) is 0. The highest BCUT2D eigenvalue weighted by atomic mass is 15.3. The molecule has 0 atom stereocenters. The van der Waals surface area contributed by atoms with Crippen LogP contribution in [0.5, 0.6) is 0 Å². The van der Waals surface area contributed by atoms with Crippen LogP contribution < -0.4 is 4.90 Å². The first-order valence-corrected chi connectivity index (χ1v) is 7.22. The molecule has 2 rings (SSSR count). The van der Waals surface area contributed by atoms with Gasteiger partial charge in [-0.15, -0.1) is 0 Å². The molecule has 0 spiro atoms. The number of piperazine rings is 1. The van der Waals surface area contributed by atoms with Crippen molar-refractivity contribution in [1.82, 2.24) is 4.90 Å². The first-order valence-electron chi connectivity index (χ1n) is 7.22. The van der Waals surface area contributed by atoms with Crippen molar-refractivity contribution in [2.75, 3.05) is 31.1 Å². The monoisotopic (exact) mass is 248 g/mol. The molecule has 1 saturated heterocycles. The fraction of sp³-hybridized carbons (Fsp3) is 0.625. The summed E-state index contributed by atoms with van der Waals surface area (Å²) in [7, 11) is 0. The molecule has 1 aromatic carbocycles. The minimum atomic E-state index is 0.681. The van der Waals surface area contributed by atoms with Crippen molar-refractivity contribution < 1.29 is 0 Å². The molecule has 0 bridgehead atoms. The van der Waals surface area contributed by atoms with Gasteiger partial charge in [-0.3, -0.25) is 4.90 Å². The molecule has 1 aliphatic rings. The lowest BCUT2D eigenvalue weighted by Gasteiger charge is -2.38. The fourth-order valence-electron chi connectivity index (χ4n) is 2.25. The average molecular weight is 248 g/mol. The highest BCUT2D eigenvalue weighted by Crippen LogP contribution is 2.17. The third kappa shape index (κ3) is 4.02. The molecular weight excluding hydrogens is 220 g/mol. The minimum absolute atomic E-state index is 0.681. The first kappa shape index (κ1) is 15.0. The molecule has 0 N–H and O–H groups in total. The highest BCUT2D eigenvalue weighted by molar-refractivity contribution is 5.47. The quantitative estimate of drug-likeness (QED) is 0.789. The van der Waals surface area contributed by atoms with Gasteiger partial charge in [0.15, 0.2) is 0 Å². The Morgan fingerprint density at radius 3 is 1.83 bits per heavy atom. The van der Waals surface area contributed by atoms with E-state index in [0.717, 1.165) is 13.1 Å². The van der Waals surface area contributed by atoms with Crippen molar-refractivity contribution in [3.8, 4) is 0 Å². The second kappa shape index (κ2) is 7.42. The summed E-state index contributed by atoms with van der Waals surface area (Å²) in [5.74, 6) is 0. The highest BCUT2D eigenvalue weighted by Gasteiger charge is 2.18. The van der Waals surface area contributed by atoms with Crippen molar-refractivity contribution in [2.45, 2.75) is 40.7 Å². The maximum atomic E-state index is 2.55. The summed E-state index contributed by atoms with van der Waals surface area (Å²) in [5.41, 5.74) is 2.71. The summed E-state index contributed by atoms with van der Waals surface area (Å²) >= 11 is 0. The van der Waals surface area contributed by atoms with Crippen LogP contribution >= 0.6 is 0 Å². The van der Waals surface area contributed by atoms with Crippen LogP contribution in [0.3, 0.4) is 0 Å². The Balaban J connectivity index is 0.000000771. The summed E-state index contributed by atoms with van der Waals surface area (Å²) in [4.78, 5) is 5.03. The van der Waals surface area contributed by atoms with Gasteiger partial charge >= 0.3 is 0 Å². The molecule has 0 amide bonds. The van der Waals surface area contributed by atoms with Gasteiger partial charge in [0, 0.05) is 37.9 Å². The second-order valence-electron chi connectivity index (χ2n) is 4.95. The summed E-state index contributed by atoms with van der Waals surface area (Å²) in [6.07, 6.45) is 0.